The molecular weight excluding hydrogens is 542 g/mol. The van der Waals surface area contributed by atoms with Gasteiger partial charge in [0.2, 0.25) is 0 Å². The maximum atomic E-state index is 13.4. The van der Waals surface area contributed by atoms with Gasteiger partial charge in [-0.15, -0.1) is 0 Å². The van der Waals surface area contributed by atoms with Crippen LogP contribution in [0.2, 0.25) is 0 Å². The third-order valence-electron chi connectivity index (χ3n) is 13.8. The average molecular weight is 614 g/mol. The number of carbonyl (C=O) groups is 1. The van der Waals surface area contributed by atoms with Gasteiger partial charge in [0, 0.05) is 19.5 Å². The van der Waals surface area contributed by atoms with Crippen LogP contribution in [-0.2, 0) is 4.74 Å². The standard InChI is InChI=1S/C39H71N3O2/c1-9-30(28(2)3)14-13-29(4)34-17-18-35-33-16-15-31-27-32(19-21-38(31,5)36(33)20-22-39(34,35)6)44-37(43)42(26-12-24-41-8)25-11-10-23-40-7/h15,28-30,32-36,40-41H,9-14,16-27H2,1-8H3/t29-,30-,32+,33+,34-,35+,36?,38+,39-/m1/s1. The normalized spacial score (nSPS) is 34.5. The van der Waals surface area contributed by atoms with E-state index in [1.807, 2.05) is 19.0 Å². The molecule has 0 radical (unpaired) electrons. The van der Waals surface area contributed by atoms with Crippen LogP contribution in [0.3, 0.4) is 0 Å². The van der Waals surface area contributed by atoms with Gasteiger partial charge >= 0.3 is 6.09 Å². The Balaban J connectivity index is 1.37. The minimum Gasteiger partial charge on any atom is -0.446 e. The Kier molecular flexibility index (Phi) is 13.1. The predicted molar refractivity (Wildman–Crippen MR) is 186 cm³/mol. The molecule has 0 bridgehead atoms. The molecule has 0 aliphatic heterocycles. The van der Waals surface area contributed by atoms with E-state index in [9.17, 15) is 4.79 Å². The van der Waals surface area contributed by atoms with Crippen LogP contribution < -0.4 is 10.6 Å². The second kappa shape index (κ2) is 16.2. The Morgan fingerprint density at radius 3 is 2.39 bits per heavy atom. The van der Waals surface area contributed by atoms with Crippen molar-refractivity contribution >= 4 is 6.09 Å². The average Bonchev–Trinajstić information content (AvgIpc) is 3.36. The van der Waals surface area contributed by atoms with Crippen LogP contribution in [0.1, 0.15) is 131 Å². The van der Waals surface area contributed by atoms with Gasteiger partial charge in [-0.3, -0.25) is 0 Å². The summed E-state index contributed by atoms with van der Waals surface area (Å²) in [7, 11) is 3.97. The molecule has 9 atom stereocenters. The molecule has 4 aliphatic rings. The maximum Gasteiger partial charge on any atom is 0.410 e. The largest absolute Gasteiger partial charge is 0.446 e. The van der Waals surface area contributed by atoms with Crippen molar-refractivity contribution in [2.45, 2.75) is 138 Å². The lowest BCUT2D eigenvalue weighted by atomic mass is 9.47. The summed E-state index contributed by atoms with van der Waals surface area (Å²) in [4.78, 5) is 15.3. The van der Waals surface area contributed by atoms with E-state index in [0.717, 1.165) is 99.7 Å². The molecule has 5 heteroatoms. The quantitative estimate of drug-likeness (QED) is 0.135. The molecule has 0 heterocycles. The second-order valence-corrected chi connectivity index (χ2v) is 16.5. The number of nitrogens with one attached hydrogen (secondary N) is 2. The Hall–Kier alpha value is -1.07. The minimum atomic E-state index is -0.0911. The van der Waals surface area contributed by atoms with Gasteiger partial charge in [-0.1, -0.05) is 66.0 Å². The molecule has 0 spiro atoms. The number of hydrogen-bond donors (Lipinski definition) is 2. The first-order valence-corrected chi connectivity index (χ1v) is 19.0. The fourth-order valence-electron chi connectivity index (χ4n) is 11.0. The van der Waals surface area contributed by atoms with Gasteiger partial charge in [0.15, 0.2) is 0 Å². The Labute approximate surface area is 272 Å². The predicted octanol–water partition coefficient (Wildman–Crippen LogP) is 9.08. The van der Waals surface area contributed by atoms with Crippen molar-refractivity contribution in [2.75, 3.05) is 40.3 Å². The number of unbranched alkanes of at least 4 members (excludes halogenated alkanes) is 1. The van der Waals surface area contributed by atoms with Crippen LogP contribution in [0.15, 0.2) is 11.6 Å². The molecular formula is C39H71N3O2. The highest BCUT2D eigenvalue weighted by Gasteiger charge is 2.59. The molecule has 0 aromatic rings. The van der Waals surface area contributed by atoms with E-state index in [1.165, 1.54) is 57.8 Å². The number of amides is 1. The Bertz CT molecular complexity index is 934. The van der Waals surface area contributed by atoms with Crippen molar-refractivity contribution < 1.29 is 9.53 Å². The van der Waals surface area contributed by atoms with Gasteiger partial charge in [-0.25, -0.2) is 4.79 Å². The molecule has 1 unspecified atom stereocenters. The highest BCUT2D eigenvalue weighted by Crippen LogP contribution is 2.67. The Morgan fingerprint density at radius 1 is 0.955 bits per heavy atom. The third kappa shape index (κ3) is 7.89. The zero-order valence-corrected chi connectivity index (χ0v) is 30.2. The van der Waals surface area contributed by atoms with Crippen LogP contribution in [0.25, 0.3) is 0 Å². The molecule has 0 aromatic carbocycles. The lowest BCUT2D eigenvalue weighted by molar-refractivity contribution is -0.0595. The van der Waals surface area contributed by atoms with Crippen molar-refractivity contribution in [3.63, 3.8) is 0 Å². The van der Waals surface area contributed by atoms with Gasteiger partial charge in [0.25, 0.3) is 0 Å². The second-order valence-electron chi connectivity index (χ2n) is 16.5. The highest BCUT2D eigenvalue weighted by atomic mass is 16.6. The van der Waals surface area contributed by atoms with Crippen LogP contribution in [0, 0.1) is 52.3 Å². The van der Waals surface area contributed by atoms with E-state index < -0.39 is 0 Å². The van der Waals surface area contributed by atoms with Crippen molar-refractivity contribution in [2.24, 2.45) is 52.3 Å². The summed E-state index contributed by atoms with van der Waals surface area (Å²) in [5.74, 6) is 6.00. The van der Waals surface area contributed by atoms with E-state index >= 15 is 0 Å². The summed E-state index contributed by atoms with van der Waals surface area (Å²) in [5, 5.41) is 6.44. The Morgan fingerprint density at radius 2 is 1.68 bits per heavy atom. The maximum absolute atomic E-state index is 13.4. The molecule has 0 saturated heterocycles. The zero-order valence-electron chi connectivity index (χ0n) is 30.2. The van der Waals surface area contributed by atoms with Crippen LogP contribution >= 0.6 is 0 Å². The number of allylic oxidation sites excluding steroid dienone is 1. The van der Waals surface area contributed by atoms with E-state index in [1.54, 1.807) is 5.57 Å². The fourth-order valence-corrected chi connectivity index (χ4v) is 11.0. The van der Waals surface area contributed by atoms with Gasteiger partial charge in [-0.05, 0) is 150 Å². The summed E-state index contributed by atoms with van der Waals surface area (Å²) in [6, 6.07) is 0. The zero-order chi connectivity index (χ0) is 31.9. The molecule has 4 aliphatic carbocycles. The monoisotopic (exact) mass is 614 g/mol. The van der Waals surface area contributed by atoms with E-state index in [4.69, 9.17) is 4.74 Å². The molecule has 2 N–H and O–H groups in total. The summed E-state index contributed by atoms with van der Waals surface area (Å²) >= 11 is 0. The molecule has 3 saturated carbocycles. The van der Waals surface area contributed by atoms with Gasteiger partial charge in [0.05, 0.1) is 0 Å². The van der Waals surface area contributed by atoms with Crippen molar-refractivity contribution in [1.29, 1.82) is 0 Å². The summed E-state index contributed by atoms with van der Waals surface area (Å²) < 4.78 is 6.27. The van der Waals surface area contributed by atoms with Crippen LogP contribution in [0.4, 0.5) is 4.79 Å². The van der Waals surface area contributed by atoms with Crippen LogP contribution in [0.5, 0.6) is 0 Å². The molecule has 4 rings (SSSR count). The number of nitrogens with zero attached hydrogens (tertiary/aromatic N) is 1. The SMILES string of the molecule is CC[C@H](CC[C@@H](C)[C@H]1CC[C@H]2[C@@H]3CC=C4C[C@@H](OC(=O)N(CCCCNC)CCCNC)CC[C@]4(C)C3CC[C@]12C)C(C)C. The molecule has 44 heavy (non-hydrogen) atoms. The molecule has 1 amide bonds. The summed E-state index contributed by atoms with van der Waals surface area (Å²) in [6.45, 7) is 18.6. The first-order chi connectivity index (χ1) is 21.1. The lowest BCUT2D eigenvalue weighted by Crippen LogP contribution is -2.51. The first-order valence-electron chi connectivity index (χ1n) is 19.0. The lowest BCUT2D eigenvalue weighted by Gasteiger charge is -2.58. The molecule has 254 valence electrons. The number of carbonyl (C=O) groups excluding carboxylic acids is 1. The van der Waals surface area contributed by atoms with Crippen LogP contribution in [-0.4, -0.2) is 57.4 Å². The van der Waals surface area contributed by atoms with Crippen molar-refractivity contribution in [3.05, 3.63) is 11.6 Å². The summed E-state index contributed by atoms with van der Waals surface area (Å²) in [5.41, 5.74) is 2.44. The van der Waals surface area contributed by atoms with E-state index in [-0.39, 0.29) is 12.2 Å². The van der Waals surface area contributed by atoms with Crippen molar-refractivity contribution in [1.82, 2.24) is 15.5 Å². The number of hydrogen-bond acceptors (Lipinski definition) is 4. The topological polar surface area (TPSA) is 53.6 Å². The third-order valence-corrected chi connectivity index (χ3v) is 13.8. The number of fused-ring (bicyclic) bond motifs is 5. The van der Waals surface area contributed by atoms with Gasteiger partial charge < -0.3 is 20.3 Å². The van der Waals surface area contributed by atoms with E-state index in [0.29, 0.717) is 10.8 Å². The highest BCUT2D eigenvalue weighted by molar-refractivity contribution is 5.67. The number of ether oxygens (including phenoxy) is 1. The summed E-state index contributed by atoms with van der Waals surface area (Å²) in [6.07, 6.45) is 19.9. The molecule has 0 aromatic heterocycles. The van der Waals surface area contributed by atoms with Crippen molar-refractivity contribution in [3.8, 4) is 0 Å². The van der Waals surface area contributed by atoms with E-state index in [2.05, 4.69) is 58.3 Å². The van der Waals surface area contributed by atoms with Gasteiger partial charge in [-0.2, -0.15) is 0 Å². The minimum absolute atomic E-state index is 0.0332. The van der Waals surface area contributed by atoms with Gasteiger partial charge in [0.1, 0.15) is 6.10 Å². The smallest absolute Gasteiger partial charge is 0.410 e. The molecule has 3 fully saturated rings. The molecule has 5 nitrogen and oxygen atoms in total. The first kappa shape index (κ1) is 35.8. The fraction of sp³-hybridized carbons (Fsp3) is 0.923. The number of rotatable bonds is 16.